The molecule has 39 heavy (non-hydrogen) atoms. The number of thiophene rings is 1. The van der Waals surface area contributed by atoms with E-state index in [1.54, 1.807) is 0 Å². The van der Waals surface area contributed by atoms with E-state index in [1.807, 2.05) is 11.3 Å². The van der Waals surface area contributed by atoms with Crippen molar-refractivity contribution in [2.24, 2.45) is 0 Å². The molecule has 2 aliphatic carbocycles. The van der Waals surface area contributed by atoms with Crippen LogP contribution >= 0.6 is 11.3 Å². The van der Waals surface area contributed by atoms with Crippen molar-refractivity contribution < 1.29 is 0 Å². The van der Waals surface area contributed by atoms with Crippen molar-refractivity contribution in [2.75, 3.05) is 0 Å². The van der Waals surface area contributed by atoms with Crippen LogP contribution in [0.1, 0.15) is 23.0 Å². The maximum Gasteiger partial charge on any atom is 0.0434 e. The van der Waals surface area contributed by atoms with Crippen molar-refractivity contribution >= 4 is 21.4 Å². The highest BCUT2D eigenvalue weighted by Gasteiger charge is 2.32. The molecule has 0 saturated heterocycles. The smallest absolute Gasteiger partial charge is 0.0434 e. The summed E-state index contributed by atoms with van der Waals surface area (Å²) in [6.07, 6.45) is 9.14. The van der Waals surface area contributed by atoms with E-state index < -0.39 is 0 Å². The maximum atomic E-state index is 2.44. The Hall–Kier alpha value is -4.46. The first-order valence-corrected chi connectivity index (χ1v) is 14.4. The summed E-state index contributed by atoms with van der Waals surface area (Å²) in [4.78, 5) is 1.33. The molecule has 0 aliphatic heterocycles. The van der Waals surface area contributed by atoms with Gasteiger partial charge in [0.15, 0.2) is 0 Å². The van der Waals surface area contributed by atoms with Gasteiger partial charge in [-0.15, -0.1) is 11.3 Å². The molecule has 8 rings (SSSR count). The second-order valence-electron chi connectivity index (χ2n) is 10.4. The highest BCUT2D eigenvalue weighted by Crippen LogP contribution is 2.52. The van der Waals surface area contributed by atoms with E-state index in [9.17, 15) is 0 Å². The summed E-state index contributed by atoms with van der Waals surface area (Å²) in [5.41, 5.74) is 12.0. The van der Waals surface area contributed by atoms with Crippen LogP contribution in [0.15, 0.2) is 146 Å². The Bertz CT molecular complexity index is 1900. The molecule has 1 heteroatoms. The van der Waals surface area contributed by atoms with Gasteiger partial charge in [-0.3, -0.25) is 0 Å². The molecule has 0 radical (unpaired) electrons. The van der Waals surface area contributed by atoms with Crippen molar-refractivity contribution in [1.29, 1.82) is 0 Å². The maximum absolute atomic E-state index is 2.44. The highest BCUT2D eigenvalue weighted by molar-refractivity contribution is 7.23. The summed E-state index contributed by atoms with van der Waals surface area (Å²) in [6, 6.07) is 44.7. The van der Waals surface area contributed by atoms with Gasteiger partial charge in [-0.05, 0) is 56.6 Å². The van der Waals surface area contributed by atoms with Crippen LogP contribution in [-0.4, -0.2) is 0 Å². The van der Waals surface area contributed by atoms with Gasteiger partial charge in [0.25, 0.3) is 0 Å². The largest absolute Gasteiger partial charge is 0.135 e. The zero-order chi connectivity index (χ0) is 25.8. The van der Waals surface area contributed by atoms with Crippen LogP contribution in [0.25, 0.3) is 53.9 Å². The number of rotatable bonds is 3. The zero-order valence-electron chi connectivity index (χ0n) is 21.4. The first-order chi connectivity index (χ1) is 19.4. The molecule has 0 saturated carbocycles. The Morgan fingerprint density at radius 3 is 1.87 bits per heavy atom. The second-order valence-corrected chi connectivity index (χ2v) is 11.5. The summed E-state index contributed by atoms with van der Waals surface area (Å²) in [6.45, 7) is 0. The van der Waals surface area contributed by atoms with Gasteiger partial charge in [0, 0.05) is 32.4 Å². The van der Waals surface area contributed by atoms with Gasteiger partial charge < -0.3 is 0 Å². The van der Waals surface area contributed by atoms with Gasteiger partial charge in [-0.1, -0.05) is 133 Å². The van der Waals surface area contributed by atoms with Crippen LogP contribution in [0.3, 0.4) is 0 Å². The third-order valence-corrected chi connectivity index (χ3v) is 9.49. The molecule has 0 bridgehead atoms. The van der Waals surface area contributed by atoms with Gasteiger partial charge >= 0.3 is 0 Å². The second kappa shape index (κ2) is 9.08. The van der Waals surface area contributed by atoms with Gasteiger partial charge in [0.05, 0.1) is 0 Å². The van der Waals surface area contributed by atoms with E-state index in [1.165, 1.54) is 65.0 Å². The molecule has 5 aromatic carbocycles. The standard InChI is InChI=1S/C38H26S/c1-3-12-25(13-4-1)36-37-28(20-11-21-35(37)39-38(36)26-14-5-2-6-15-26)27-22-23-33-31-18-8-7-16-29(31)30-17-9-10-19-32(30)34(33)24-27/h1-24,29,31H. The summed E-state index contributed by atoms with van der Waals surface area (Å²) < 4.78 is 1.32. The van der Waals surface area contributed by atoms with Crippen LogP contribution < -0.4 is 0 Å². The molecule has 2 atom stereocenters. The Labute approximate surface area is 233 Å². The van der Waals surface area contributed by atoms with E-state index >= 15 is 0 Å². The van der Waals surface area contributed by atoms with Crippen LogP contribution in [0.2, 0.25) is 0 Å². The monoisotopic (exact) mass is 514 g/mol. The van der Waals surface area contributed by atoms with E-state index in [4.69, 9.17) is 0 Å². The van der Waals surface area contributed by atoms with Crippen molar-refractivity contribution in [1.82, 2.24) is 0 Å². The van der Waals surface area contributed by atoms with Crippen molar-refractivity contribution in [2.45, 2.75) is 11.8 Å². The normalized spacial score (nSPS) is 17.0. The molecule has 2 aliphatic rings. The highest BCUT2D eigenvalue weighted by atomic mass is 32.1. The summed E-state index contributed by atoms with van der Waals surface area (Å²) in [7, 11) is 0. The van der Waals surface area contributed by atoms with Gasteiger partial charge in [0.2, 0.25) is 0 Å². The Kier molecular flexibility index (Phi) is 5.24. The number of fused-ring (bicyclic) bond motifs is 7. The molecule has 0 amide bonds. The minimum atomic E-state index is 0.385. The van der Waals surface area contributed by atoms with Gasteiger partial charge in [0.1, 0.15) is 0 Å². The Morgan fingerprint density at radius 2 is 1.10 bits per heavy atom. The predicted octanol–water partition coefficient (Wildman–Crippen LogP) is 10.9. The van der Waals surface area contributed by atoms with Crippen molar-refractivity contribution in [3.05, 3.63) is 157 Å². The Balaban J connectivity index is 1.39. The molecule has 6 aromatic rings. The van der Waals surface area contributed by atoms with Crippen molar-refractivity contribution in [3.63, 3.8) is 0 Å². The number of benzene rings is 5. The zero-order valence-corrected chi connectivity index (χ0v) is 22.2. The third-order valence-electron chi connectivity index (χ3n) is 8.28. The summed E-state index contributed by atoms with van der Waals surface area (Å²) in [5.74, 6) is 0.790. The van der Waals surface area contributed by atoms with Crippen LogP contribution in [-0.2, 0) is 0 Å². The molecular weight excluding hydrogens is 488 g/mol. The lowest BCUT2D eigenvalue weighted by molar-refractivity contribution is 0.720. The van der Waals surface area contributed by atoms with E-state index in [0.717, 1.165) is 0 Å². The van der Waals surface area contributed by atoms with Gasteiger partial charge in [-0.25, -0.2) is 0 Å². The quantitative estimate of drug-likeness (QED) is 0.220. The molecule has 0 spiro atoms. The number of hydrogen-bond acceptors (Lipinski definition) is 1. The van der Waals surface area contributed by atoms with E-state index in [-0.39, 0.29) is 0 Å². The average Bonchev–Trinajstić information content (AvgIpc) is 3.42. The molecular formula is C38H26S. The van der Waals surface area contributed by atoms with Crippen molar-refractivity contribution in [3.8, 4) is 43.8 Å². The molecule has 1 heterocycles. The minimum absolute atomic E-state index is 0.385. The SMILES string of the molecule is C1=CC2c3ccccc3-c3cc(-c4cccc5sc(-c6ccccc6)c(-c6ccccc6)c45)ccc3C2C=C1. The number of allylic oxidation sites excluding steroid dienone is 4. The first-order valence-electron chi connectivity index (χ1n) is 13.6. The molecule has 0 nitrogen and oxygen atoms in total. The fraction of sp³-hybridized carbons (Fsp3) is 0.0526. The Morgan fingerprint density at radius 1 is 0.462 bits per heavy atom. The van der Waals surface area contributed by atoms with Crippen LogP contribution in [0.5, 0.6) is 0 Å². The molecule has 0 fully saturated rings. The summed E-state index contributed by atoms with van der Waals surface area (Å²) >= 11 is 1.90. The first kappa shape index (κ1) is 22.5. The minimum Gasteiger partial charge on any atom is -0.135 e. The molecule has 1 aromatic heterocycles. The molecule has 0 N–H and O–H groups in total. The van der Waals surface area contributed by atoms with Gasteiger partial charge in [-0.2, -0.15) is 0 Å². The molecule has 184 valence electrons. The number of hydrogen-bond donors (Lipinski definition) is 0. The average molecular weight is 515 g/mol. The van der Waals surface area contributed by atoms with E-state index in [2.05, 4.69) is 146 Å². The fourth-order valence-electron chi connectivity index (χ4n) is 6.54. The van der Waals surface area contributed by atoms with Crippen LogP contribution in [0.4, 0.5) is 0 Å². The predicted molar refractivity (Wildman–Crippen MR) is 167 cm³/mol. The lowest BCUT2D eigenvalue weighted by Crippen LogP contribution is -2.16. The third kappa shape index (κ3) is 3.58. The molecule has 2 unspecified atom stereocenters. The lowest BCUT2D eigenvalue weighted by Gasteiger charge is -2.34. The van der Waals surface area contributed by atoms with Crippen LogP contribution in [0, 0.1) is 0 Å². The summed E-state index contributed by atoms with van der Waals surface area (Å²) in [5, 5.41) is 1.34. The fourth-order valence-corrected chi connectivity index (χ4v) is 7.80. The topological polar surface area (TPSA) is 0 Å². The van der Waals surface area contributed by atoms with E-state index in [0.29, 0.717) is 11.8 Å². The lowest BCUT2D eigenvalue weighted by atomic mass is 9.69.